The Morgan fingerprint density at radius 1 is 1.19 bits per heavy atom. The third kappa shape index (κ3) is 8.44. The first-order valence-electron chi connectivity index (χ1n) is 11.8. The lowest BCUT2D eigenvalue weighted by molar-refractivity contribution is -0.131. The number of hydrogen-bond donors (Lipinski definition) is 2. The van der Waals surface area contributed by atoms with E-state index >= 15 is 0 Å². The standard InChI is InChI=1S/C26H33Cl2N3O5/c1-30(26(34)13-18-6-7-22(27)23(28)12-18)24(16-31-9-8-21(32)15-31)19-4-3-5-20(14-19)29-25(33)17-36-11-10-35-2/h3-7,12,14,21,24,32H,8-11,13,15-17H2,1-2H3,(H,29,33)/t21-,24?/m0/s1. The van der Waals surface area contributed by atoms with Gasteiger partial charge in [0.15, 0.2) is 0 Å². The van der Waals surface area contributed by atoms with Crippen LogP contribution in [0.25, 0.3) is 0 Å². The van der Waals surface area contributed by atoms with E-state index in [-0.39, 0.29) is 37.0 Å². The topological polar surface area (TPSA) is 91.3 Å². The minimum Gasteiger partial charge on any atom is -0.392 e. The number of nitrogens with one attached hydrogen (secondary N) is 1. The zero-order valence-electron chi connectivity index (χ0n) is 20.6. The summed E-state index contributed by atoms with van der Waals surface area (Å²) in [5.41, 5.74) is 2.26. The van der Waals surface area contributed by atoms with Gasteiger partial charge in [-0.1, -0.05) is 41.4 Å². The molecule has 1 unspecified atom stereocenters. The largest absolute Gasteiger partial charge is 0.392 e. The normalized spacial score (nSPS) is 16.6. The summed E-state index contributed by atoms with van der Waals surface area (Å²) in [5, 5.41) is 13.7. The number of carbonyl (C=O) groups excluding carboxylic acids is 2. The summed E-state index contributed by atoms with van der Waals surface area (Å²) in [6.07, 6.45) is 0.501. The number of hydrogen-bond acceptors (Lipinski definition) is 6. The third-order valence-corrected chi connectivity index (χ3v) is 6.84. The second kappa shape index (κ2) is 13.9. The summed E-state index contributed by atoms with van der Waals surface area (Å²) < 4.78 is 10.2. The maximum atomic E-state index is 13.3. The van der Waals surface area contributed by atoms with E-state index in [1.54, 1.807) is 43.3 Å². The average molecular weight is 538 g/mol. The number of likely N-dealkylation sites (tertiary alicyclic amines) is 1. The van der Waals surface area contributed by atoms with Gasteiger partial charge >= 0.3 is 0 Å². The molecule has 0 bridgehead atoms. The molecule has 1 aliphatic heterocycles. The van der Waals surface area contributed by atoms with Gasteiger partial charge in [0.25, 0.3) is 0 Å². The van der Waals surface area contributed by atoms with Gasteiger partial charge in [-0.25, -0.2) is 0 Å². The smallest absolute Gasteiger partial charge is 0.250 e. The van der Waals surface area contributed by atoms with Crippen molar-refractivity contribution in [3.8, 4) is 0 Å². The molecule has 2 N–H and O–H groups in total. The Morgan fingerprint density at radius 3 is 2.69 bits per heavy atom. The summed E-state index contributed by atoms with van der Waals surface area (Å²) in [7, 11) is 3.34. The van der Waals surface area contributed by atoms with Gasteiger partial charge in [0.1, 0.15) is 6.61 Å². The molecule has 2 amide bonds. The molecule has 1 saturated heterocycles. The zero-order valence-corrected chi connectivity index (χ0v) is 22.1. The Balaban J connectivity index is 1.75. The van der Waals surface area contributed by atoms with Crippen LogP contribution in [0.2, 0.25) is 10.0 Å². The number of likely N-dealkylation sites (N-methyl/N-ethyl adjacent to an activating group) is 1. The first-order chi connectivity index (χ1) is 17.3. The van der Waals surface area contributed by atoms with Gasteiger partial charge < -0.3 is 24.8 Å². The highest BCUT2D eigenvalue weighted by Gasteiger charge is 2.28. The van der Waals surface area contributed by atoms with Crippen LogP contribution >= 0.6 is 23.2 Å². The van der Waals surface area contributed by atoms with Crippen LogP contribution in [0, 0.1) is 0 Å². The van der Waals surface area contributed by atoms with Crippen molar-refractivity contribution in [1.82, 2.24) is 9.80 Å². The van der Waals surface area contributed by atoms with E-state index in [2.05, 4.69) is 10.2 Å². The predicted octanol–water partition coefficient (Wildman–Crippen LogP) is 3.40. The fraction of sp³-hybridized carbons (Fsp3) is 0.462. The van der Waals surface area contributed by atoms with Crippen LogP contribution in [0.5, 0.6) is 0 Å². The molecule has 2 atom stereocenters. The van der Waals surface area contributed by atoms with Crippen LogP contribution in [0.3, 0.4) is 0 Å². The van der Waals surface area contributed by atoms with Crippen molar-refractivity contribution >= 4 is 40.7 Å². The van der Waals surface area contributed by atoms with Crippen LogP contribution in [-0.4, -0.2) is 86.4 Å². The predicted molar refractivity (Wildman–Crippen MR) is 141 cm³/mol. The van der Waals surface area contributed by atoms with Gasteiger partial charge in [0.2, 0.25) is 11.8 Å². The molecule has 36 heavy (non-hydrogen) atoms. The van der Waals surface area contributed by atoms with Crippen molar-refractivity contribution in [1.29, 1.82) is 0 Å². The van der Waals surface area contributed by atoms with Crippen molar-refractivity contribution in [2.45, 2.75) is 25.0 Å². The van der Waals surface area contributed by atoms with Crippen molar-refractivity contribution in [2.24, 2.45) is 0 Å². The molecular formula is C26H33Cl2N3O5. The van der Waals surface area contributed by atoms with Crippen LogP contribution in [0.15, 0.2) is 42.5 Å². The van der Waals surface area contributed by atoms with Crippen molar-refractivity contribution in [3.05, 3.63) is 63.6 Å². The molecule has 196 valence electrons. The molecule has 0 spiro atoms. The lowest BCUT2D eigenvalue weighted by atomic mass is 10.0. The molecule has 3 rings (SSSR count). The molecular weight excluding hydrogens is 505 g/mol. The molecule has 0 aliphatic carbocycles. The molecule has 0 saturated carbocycles. The second-order valence-corrected chi connectivity index (χ2v) is 9.68. The molecule has 0 radical (unpaired) electrons. The molecule has 8 nitrogen and oxygen atoms in total. The molecule has 2 aromatic rings. The number of aliphatic hydroxyl groups excluding tert-OH is 1. The number of methoxy groups -OCH3 is 1. The number of ether oxygens (including phenoxy) is 2. The average Bonchev–Trinajstić information content (AvgIpc) is 3.27. The quantitative estimate of drug-likeness (QED) is 0.403. The first kappa shape index (κ1) is 28.4. The van der Waals surface area contributed by atoms with Gasteiger partial charge in [0, 0.05) is 39.5 Å². The number of carbonyl (C=O) groups is 2. The number of nitrogens with zero attached hydrogens (tertiary/aromatic N) is 2. The molecule has 2 aromatic carbocycles. The number of rotatable bonds is 12. The van der Waals surface area contributed by atoms with E-state index in [4.69, 9.17) is 32.7 Å². The van der Waals surface area contributed by atoms with E-state index in [1.807, 2.05) is 18.2 Å². The fourth-order valence-corrected chi connectivity index (χ4v) is 4.45. The number of aliphatic hydroxyl groups is 1. The van der Waals surface area contributed by atoms with Crippen molar-refractivity contribution in [3.63, 3.8) is 0 Å². The Labute approximate surface area is 222 Å². The zero-order chi connectivity index (χ0) is 26.1. The van der Waals surface area contributed by atoms with Gasteiger partial charge in [-0.3, -0.25) is 14.5 Å². The number of anilines is 1. The highest BCUT2D eigenvalue weighted by Crippen LogP contribution is 2.27. The van der Waals surface area contributed by atoms with Crippen LogP contribution in [-0.2, 0) is 25.5 Å². The van der Waals surface area contributed by atoms with Gasteiger partial charge in [-0.05, 0) is 41.8 Å². The van der Waals surface area contributed by atoms with Gasteiger partial charge in [-0.15, -0.1) is 0 Å². The molecule has 10 heteroatoms. The maximum Gasteiger partial charge on any atom is 0.250 e. The number of halogens is 2. The fourth-order valence-electron chi connectivity index (χ4n) is 4.12. The summed E-state index contributed by atoms with van der Waals surface area (Å²) in [6, 6.07) is 12.3. The highest BCUT2D eigenvalue weighted by molar-refractivity contribution is 6.42. The second-order valence-electron chi connectivity index (χ2n) is 8.87. The minimum absolute atomic E-state index is 0.0786. The lowest BCUT2D eigenvalue weighted by Crippen LogP contribution is -2.39. The molecule has 1 aliphatic rings. The summed E-state index contributed by atoms with van der Waals surface area (Å²) >= 11 is 12.1. The summed E-state index contributed by atoms with van der Waals surface area (Å²) in [4.78, 5) is 29.4. The lowest BCUT2D eigenvalue weighted by Gasteiger charge is -2.32. The monoisotopic (exact) mass is 537 g/mol. The van der Waals surface area contributed by atoms with Crippen LogP contribution in [0.4, 0.5) is 5.69 Å². The molecule has 0 aromatic heterocycles. The van der Waals surface area contributed by atoms with Crippen LogP contribution in [0.1, 0.15) is 23.6 Å². The number of amides is 2. The Hall–Kier alpha value is -2.20. The van der Waals surface area contributed by atoms with Crippen LogP contribution < -0.4 is 5.32 Å². The van der Waals surface area contributed by atoms with Gasteiger partial charge in [0.05, 0.1) is 41.8 Å². The van der Waals surface area contributed by atoms with E-state index in [0.29, 0.717) is 48.5 Å². The summed E-state index contributed by atoms with van der Waals surface area (Å²) in [6.45, 7) is 2.53. The van der Waals surface area contributed by atoms with Crippen molar-refractivity contribution < 1.29 is 24.2 Å². The van der Waals surface area contributed by atoms with E-state index in [9.17, 15) is 14.7 Å². The van der Waals surface area contributed by atoms with Gasteiger partial charge in [-0.2, -0.15) is 0 Å². The Kier molecular flexibility index (Phi) is 11.0. The molecule has 1 heterocycles. The van der Waals surface area contributed by atoms with Crippen molar-refractivity contribution in [2.75, 3.05) is 58.9 Å². The first-order valence-corrected chi connectivity index (χ1v) is 12.6. The Morgan fingerprint density at radius 2 is 2.00 bits per heavy atom. The van der Waals surface area contributed by atoms with E-state index in [0.717, 1.165) is 17.7 Å². The Bertz CT molecular complexity index is 1040. The molecule has 1 fully saturated rings. The number of benzene rings is 2. The maximum absolute atomic E-state index is 13.3. The minimum atomic E-state index is -0.369. The third-order valence-electron chi connectivity index (χ3n) is 6.10. The highest BCUT2D eigenvalue weighted by atomic mass is 35.5. The summed E-state index contributed by atoms with van der Waals surface area (Å²) in [5.74, 6) is -0.356. The SMILES string of the molecule is COCCOCC(=O)Nc1cccc(C(CN2CC[C@H](O)C2)N(C)C(=O)Cc2ccc(Cl)c(Cl)c2)c1. The van der Waals surface area contributed by atoms with E-state index < -0.39 is 0 Å². The van der Waals surface area contributed by atoms with E-state index in [1.165, 1.54) is 0 Å². The number of β-amino-alcohol motifs (C(OH)–C–C–N with tert-alkyl or cyclic N) is 1.